The number of sulfonamides is 1. The van der Waals surface area contributed by atoms with Crippen LogP contribution in [0.2, 0.25) is 0 Å². The molecule has 21 heavy (non-hydrogen) atoms. The minimum atomic E-state index is -3.46. The van der Waals surface area contributed by atoms with E-state index in [1.165, 1.54) is 4.31 Å². The Morgan fingerprint density at radius 2 is 2.10 bits per heavy atom. The van der Waals surface area contributed by atoms with E-state index >= 15 is 0 Å². The molecule has 1 aliphatic rings. The second-order valence-corrected chi connectivity index (χ2v) is 7.51. The van der Waals surface area contributed by atoms with Gasteiger partial charge in [0, 0.05) is 19.5 Å². The van der Waals surface area contributed by atoms with Crippen molar-refractivity contribution in [2.75, 3.05) is 19.7 Å². The Kier molecular flexibility index (Phi) is 5.32. The molecular formula is C14H20N2O3S2. The van der Waals surface area contributed by atoms with Gasteiger partial charge in [0.25, 0.3) is 0 Å². The van der Waals surface area contributed by atoms with Crippen LogP contribution in [0, 0.1) is 0 Å². The lowest BCUT2D eigenvalue weighted by Gasteiger charge is -2.31. The summed E-state index contributed by atoms with van der Waals surface area (Å²) >= 11 is 4.85. The Bertz CT molecular complexity index is 599. The van der Waals surface area contributed by atoms with E-state index in [0.717, 1.165) is 12.0 Å². The van der Waals surface area contributed by atoms with Crippen LogP contribution in [0.4, 0.5) is 0 Å². The molecule has 1 fully saturated rings. The van der Waals surface area contributed by atoms with Crippen molar-refractivity contribution in [1.82, 2.24) is 4.31 Å². The van der Waals surface area contributed by atoms with Crippen LogP contribution in [-0.4, -0.2) is 43.5 Å². The van der Waals surface area contributed by atoms with Gasteiger partial charge in [0.05, 0.1) is 22.6 Å². The van der Waals surface area contributed by atoms with Crippen LogP contribution in [-0.2, 0) is 21.2 Å². The Balaban J connectivity index is 2.17. The number of hydrogen-bond acceptors (Lipinski definition) is 4. The number of ether oxygens (including phenoxy) is 1. The van der Waals surface area contributed by atoms with Crippen molar-refractivity contribution in [2.24, 2.45) is 5.73 Å². The molecule has 0 aliphatic carbocycles. The summed E-state index contributed by atoms with van der Waals surface area (Å²) in [4.78, 5) is 0.690. The highest BCUT2D eigenvalue weighted by Gasteiger charge is 2.29. The molecule has 0 bridgehead atoms. The van der Waals surface area contributed by atoms with Crippen LogP contribution in [0.15, 0.2) is 29.2 Å². The van der Waals surface area contributed by atoms with Crippen molar-refractivity contribution in [3.05, 3.63) is 29.8 Å². The lowest BCUT2D eigenvalue weighted by atomic mass is 10.1. The smallest absolute Gasteiger partial charge is 0.243 e. The van der Waals surface area contributed by atoms with Crippen LogP contribution in [0.1, 0.15) is 18.9 Å². The topological polar surface area (TPSA) is 72.6 Å². The van der Waals surface area contributed by atoms with Gasteiger partial charge in [-0.25, -0.2) is 8.42 Å². The van der Waals surface area contributed by atoms with Gasteiger partial charge in [0.2, 0.25) is 10.0 Å². The number of nitrogens with zero attached hydrogens (tertiary/aromatic N) is 1. The van der Waals surface area contributed by atoms with Gasteiger partial charge in [-0.2, -0.15) is 4.31 Å². The zero-order valence-electron chi connectivity index (χ0n) is 12.0. The second-order valence-electron chi connectivity index (χ2n) is 5.05. The first-order chi connectivity index (χ1) is 9.93. The van der Waals surface area contributed by atoms with E-state index in [4.69, 9.17) is 22.7 Å². The molecule has 0 amide bonds. The summed E-state index contributed by atoms with van der Waals surface area (Å²) in [6, 6.07) is 6.73. The fourth-order valence-electron chi connectivity index (χ4n) is 2.29. The zero-order valence-corrected chi connectivity index (χ0v) is 13.6. The number of thiocarbonyl (C=S) groups is 1. The predicted molar refractivity (Wildman–Crippen MR) is 85.7 cm³/mol. The molecule has 7 heteroatoms. The molecule has 1 atom stereocenters. The molecule has 2 N–H and O–H groups in total. The SMILES string of the molecule is CCC1CN(S(=O)(=O)c2ccc(CC(N)=S)cc2)CCO1. The predicted octanol–water partition coefficient (Wildman–Crippen LogP) is 1.31. The van der Waals surface area contributed by atoms with E-state index in [1.807, 2.05) is 6.92 Å². The molecule has 1 aliphatic heterocycles. The van der Waals surface area contributed by atoms with Crippen molar-refractivity contribution in [1.29, 1.82) is 0 Å². The molecule has 1 aromatic carbocycles. The van der Waals surface area contributed by atoms with Crippen molar-refractivity contribution in [3.8, 4) is 0 Å². The number of nitrogens with two attached hydrogens (primary N) is 1. The van der Waals surface area contributed by atoms with Gasteiger partial charge in [0.15, 0.2) is 0 Å². The van der Waals surface area contributed by atoms with Crippen molar-refractivity contribution < 1.29 is 13.2 Å². The lowest BCUT2D eigenvalue weighted by molar-refractivity contribution is -0.00277. The summed E-state index contributed by atoms with van der Waals surface area (Å²) in [5.74, 6) is 0. The maximum Gasteiger partial charge on any atom is 0.243 e. The molecule has 2 rings (SSSR count). The summed E-state index contributed by atoms with van der Waals surface area (Å²) in [5, 5.41) is 0. The van der Waals surface area contributed by atoms with E-state index < -0.39 is 10.0 Å². The molecule has 0 saturated carbocycles. The van der Waals surface area contributed by atoms with Gasteiger partial charge in [-0.1, -0.05) is 31.3 Å². The molecule has 0 radical (unpaired) electrons. The van der Waals surface area contributed by atoms with E-state index in [1.54, 1.807) is 24.3 Å². The molecule has 0 aromatic heterocycles. The summed E-state index contributed by atoms with van der Waals surface area (Å²) in [6.07, 6.45) is 1.26. The van der Waals surface area contributed by atoms with Crippen molar-refractivity contribution in [3.63, 3.8) is 0 Å². The summed E-state index contributed by atoms with van der Waals surface area (Å²) < 4.78 is 32.2. The van der Waals surface area contributed by atoms with Gasteiger partial charge < -0.3 is 10.5 Å². The maximum absolute atomic E-state index is 12.6. The van der Waals surface area contributed by atoms with Crippen molar-refractivity contribution in [2.45, 2.75) is 30.8 Å². The third kappa shape index (κ3) is 4.00. The highest BCUT2D eigenvalue weighted by atomic mass is 32.2. The first kappa shape index (κ1) is 16.4. The molecule has 1 aromatic rings. The van der Waals surface area contributed by atoms with Gasteiger partial charge in [0.1, 0.15) is 0 Å². The van der Waals surface area contributed by atoms with Gasteiger partial charge in [-0.15, -0.1) is 0 Å². The van der Waals surface area contributed by atoms with Crippen LogP contribution in [0.3, 0.4) is 0 Å². The summed E-state index contributed by atoms with van der Waals surface area (Å²) in [7, 11) is -3.46. The van der Waals surface area contributed by atoms with Crippen molar-refractivity contribution >= 4 is 27.2 Å². The molecular weight excluding hydrogens is 308 g/mol. The number of rotatable bonds is 5. The third-order valence-corrected chi connectivity index (χ3v) is 5.52. The fraction of sp³-hybridized carbons (Fsp3) is 0.500. The first-order valence-corrected chi connectivity index (χ1v) is 8.77. The van der Waals surface area contributed by atoms with E-state index in [2.05, 4.69) is 0 Å². The Hall–Kier alpha value is -1.02. The van der Waals surface area contributed by atoms with Crippen LogP contribution >= 0.6 is 12.2 Å². The van der Waals surface area contributed by atoms with Gasteiger partial charge in [-0.3, -0.25) is 0 Å². The molecule has 1 heterocycles. The minimum absolute atomic E-state index is 0.0255. The van der Waals surface area contributed by atoms with Crippen LogP contribution < -0.4 is 5.73 Å². The Labute approximate surface area is 131 Å². The number of benzene rings is 1. The molecule has 116 valence electrons. The average molecular weight is 328 g/mol. The monoisotopic (exact) mass is 328 g/mol. The maximum atomic E-state index is 12.6. The fourth-order valence-corrected chi connectivity index (χ4v) is 3.91. The van der Waals surface area contributed by atoms with Gasteiger partial charge >= 0.3 is 0 Å². The third-order valence-electron chi connectivity index (χ3n) is 3.50. The molecule has 0 spiro atoms. The Morgan fingerprint density at radius 1 is 1.43 bits per heavy atom. The molecule has 5 nitrogen and oxygen atoms in total. The van der Waals surface area contributed by atoms with E-state index in [-0.39, 0.29) is 6.10 Å². The quantitative estimate of drug-likeness (QED) is 0.825. The van der Waals surface area contributed by atoms with Crippen LogP contribution in [0.5, 0.6) is 0 Å². The highest BCUT2D eigenvalue weighted by Crippen LogP contribution is 2.20. The molecule has 1 saturated heterocycles. The summed E-state index contributed by atoms with van der Waals surface area (Å²) in [5.41, 5.74) is 6.40. The first-order valence-electron chi connectivity index (χ1n) is 6.92. The standard InChI is InChI=1S/C14H20N2O3S2/c1-2-12-10-16(7-8-19-12)21(17,18)13-5-3-11(4-6-13)9-14(15)20/h3-6,12H,2,7-10H2,1H3,(H2,15,20). The lowest BCUT2D eigenvalue weighted by Crippen LogP contribution is -2.45. The largest absolute Gasteiger partial charge is 0.393 e. The average Bonchev–Trinajstić information content (AvgIpc) is 2.47. The van der Waals surface area contributed by atoms with Crippen LogP contribution in [0.25, 0.3) is 0 Å². The van der Waals surface area contributed by atoms with Gasteiger partial charge in [-0.05, 0) is 24.1 Å². The Morgan fingerprint density at radius 3 is 2.67 bits per heavy atom. The minimum Gasteiger partial charge on any atom is -0.393 e. The zero-order chi connectivity index (χ0) is 15.5. The normalized spacial score (nSPS) is 20.3. The van der Waals surface area contributed by atoms with E-state index in [0.29, 0.717) is 36.0 Å². The summed E-state index contributed by atoms with van der Waals surface area (Å²) in [6.45, 7) is 3.24. The number of hydrogen-bond donors (Lipinski definition) is 1. The second kappa shape index (κ2) is 6.83. The number of morpholine rings is 1. The highest BCUT2D eigenvalue weighted by molar-refractivity contribution is 7.89. The van der Waals surface area contributed by atoms with E-state index in [9.17, 15) is 8.42 Å². The molecule has 1 unspecified atom stereocenters.